The van der Waals surface area contributed by atoms with Crippen LogP contribution in [0.5, 0.6) is 0 Å². The summed E-state index contributed by atoms with van der Waals surface area (Å²) in [5, 5.41) is 6.99. The average molecular weight is 196 g/mol. The van der Waals surface area contributed by atoms with Gasteiger partial charge < -0.3 is 10.2 Å². The maximum absolute atomic E-state index is 3.40. The molecule has 0 bridgehead atoms. The van der Waals surface area contributed by atoms with E-state index in [9.17, 15) is 0 Å². The molecule has 1 aromatic rings. The quantitative estimate of drug-likeness (QED) is 0.776. The molecule has 1 unspecified atom stereocenters. The van der Waals surface area contributed by atoms with Gasteiger partial charge in [-0.25, -0.2) is 0 Å². The van der Waals surface area contributed by atoms with Gasteiger partial charge in [0.1, 0.15) is 0 Å². The molecule has 2 nitrogen and oxygen atoms in total. The number of likely N-dealkylation sites (N-methyl/N-ethyl adjacent to an activating group) is 1. The molecule has 0 radical (unpaired) electrons. The minimum Gasteiger partial charge on any atom is -0.362 e. The van der Waals surface area contributed by atoms with Crippen LogP contribution < -0.4 is 10.2 Å². The second-order valence-electron chi connectivity index (χ2n) is 3.67. The Morgan fingerprint density at radius 2 is 2.46 bits per heavy atom. The predicted octanol–water partition coefficient (Wildman–Crippen LogP) is 1.85. The van der Waals surface area contributed by atoms with Gasteiger partial charge >= 0.3 is 0 Å². The fourth-order valence-corrected chi connectivity index (χ4v) is 2.83. The molecule has 2 rings (SSSR count). The SMILES string of the molecule is Cc1ccsc1N(C)C1CCNC1. The summed E-state index contributed by atoms with van der Waals surface area (Å²) in [5.41, 5.74) is 1.40. The van der Waals surface area contributed by atoms with E-state index < -0.39 is 0 Å². The Bertz CT molecular complexity index is 276. The van der Waals surface area contributed by atoms with E-state index in [-0.39, 0.29) is 0 Å². The third kappa shape index (κ3) is 1.71. The lowest BCUT2D eigenvalue weighted by Crippen LogP contribution is -2.33. The second kappa shape index (κ2) is 3.68. The lowest BCUT2D eigenvalue weighted by atomic mass is 10.2. The molecule has 1 aliphatic rings. The van der Waals surface area contributed by atoms with Crippen LogP contribution in [-0.4, -0.2) is 26.2 Å². The largest absolute Gasteiger partial charge is 0.362 e. The zero-order chi connectivity index (χ0) is 9.26. The van der Waals surface area contributed by atoms with Crippen LogP contribution in [0.3, 0.4) is 0 Å². The fourth-order valence-electron chi connectivity index (χ4n) is 1.86. The zero-order valence-electron chi connectivity index (χ0n) is 8.21. The molecular weight excluding hydrogens is 180 g/mol. The van der Waals surface area contributed by atoms with Crippen molar-refractivity contribution >= 4 is 16.3 Å². The highest BCUT2D eigenvalue weighted by molar-refractivity contribution is 7.14. The Kier molecular flexibility index (Phi) is 2.56. The van der Waals surface area contributed by atoms with Gasteiger partial charge in [-0.3, -0.25) is 0 Å². The first kappa shape index (κ1) is 9.03. The summed E-state index contributed by atoms with van der Waals surface area (Å²) in [6, 6.07) is 2.89. The molecular formula is C10H16N2S. The topological polar surface area (TPSA) is 15.3 Å². The first-order chi connectivity index (χ1) is 6.29. The van der Waals surface area contributed by atoms with Crippen LogP contribution >= 0.6 is 11.3 Å². The summed E-state index contributed by atoms with van der Waals surface area (Å²) in [6.07, 6.45) is 1.27. The average Bonchev–Trinajstić information content (AvgIpc) is 2.72. The van der Waals surface area contributed by atoms with Gasteiger partial charge in [-0.2, -0.15) is 0 Å². The molecule has 1 fully saturated rings. The van der Waals surface area contributed by atoms with Crippen molar-refractivity contribution in [1.29, 1.82) is 0 Å². The molecule has 0 spiro atoms. The van der Waals surface area contributed by atoms with E-state index in [1.165, 1.54) is 23.5 Å². The Labute approximate surface area is 83.6 Å². The van der Waals surface area contributed by atoms with Gasteiger partial charge in [0.15, 0.2) is 0 Å². The molecule has 1 aliphatic heterocycles. The maximum atomic E-state index is 3.40. The van der Waals surface area contributed by atoms with Crippen LogP contribution in [0.15, 0.2) is 11.4 Å². The van der Waals surface area contributed by atoms with Gasteiger partial charge in [0, 0.05) is 19.6 Å². The van der Waals surface area contributed by atoms with E-state index in [1.54, 1.807) is 0 Å². The maximum Gasteiger partial charge on any atom is 0.0938 e. The molecule has 1 atom stereocenters. The van der Waals surface area contributed by atoms with Crippen LogP contribution in [0.1, 0.15) is 12.0 Å². The van der Waals surface area contributed by atoms with Crippen molar-refractivity contribution in [3.8, 4) is 0 Å². The molecule has 1 saturated heterocycles. The minimum absolute atomic E-state index is 0.692. The first-order valence-electron chi connectivity index (χ1n) is 4.76. The summed E-state index contributed by atoms with van der Waals surface area (Å²) in [6.45, 7) is 4.48. The Balaban J connectivity index is 2.12. The van der Waals surface area contributed by atoms with E-state index >= 15 is 0 Å². The van der Waals surface area contributed by atoms with Crippen molar-refractivity contribution in [2.45, 2.75) is 19.4 Å². The summed E-state index contributed by atoms with van der Waals surface area (Å²) in [4.78, 5) is 2.42. The van der Waals surface area contributed by atoms with Crippen LogP contribution in [0.25, 0.3) is 0 Å². The monoisotopic (exact) mass is 196 g/mol. The number of rotatable bonds is 2. The molecule has 2 heterocycles. The van der Waals surface area contributed by atoms with Crippen molar-refractivity contribution in [2.24, 2.45) is 0 Å². The third-order valence-corrected chi connectivity index (χ3v) is 3.84. The van der Waals surface area contributed by atoms with Gasteiger partial charge in [0.05, 0.1) is 5.00 Å². The zero-order valence-corrected chi connectivity index (χ0v) is 9.03. The number of nitrogens with zero attached hydrogens (tertiary/aromatic N) is 1. The summed E-state index contributed by atoms with van der Waals surface area (Å²) < 4.78 is 0. The highest BCUT2D eigenvalue weighted by Crippen LogP contribution is 2.28. The molecule has 3 heteroatoms. The summed E-state index contributed by atoms with van der Waals surface area (Å²) in [7, 11) is 2.20. The number of aryl methyl sites for hydroxylation is 1. The van der Waals surface area contributed by atoms with Crippen molar-refractivity contribution in [2.75, 3.05) is 25.0 Å². The van der Waals surface area contributed by atoms with Gasteiger partial charge in [-0.1, -0.05) is 0 Å². The van der Waals surface area contributed by atoms with E-state index in [4.69, 9.17) is 0 Å². The van der Waals surface area contributed by atoms with E-state index in [2.05, 4.69) is 35.6 Å². The van der Waals surface area contributed by atoms with E-state index in [0.29, 0.717) is 6.04 Å². The van der Waals surface area contributed by atoms with Crippen molar-refractivity contribution in [3.63, 3.8) is 0 Å². The van der Waals surface area contributed by atoms with E-state index in [0.717, 1.165) is 6.54 Å². The van der Waals surface area contributed by atoms with Crippen LogP contribution in [0.2, 0.25) is 0 Å². The fraction of sp³-hybridized carbons (Fsp3) is 0.600. The van der Waals surface area contributed by atoms with E-state index in [1.807, 2.05) is 11.3 Å². The molecule has 0 saturated carbocycles. The van der Waals surface area contributed by atoms with Gasteiger partial charge in [-0.15, -0.1) is 11.3 Å². The minimum atomic E-state index is 0.692. The molecule has 0 aromatic carbocycles. The number of hydrogen-bond acceptors (Lipinski definition) is 3. The number of thiophene rings is 1. The number of anilines is 1. The summed E-state index contributed by atoms with van der Waals surface area (Å²) >= 11 is 1.84. The lowest BCUT2D eigenvalue weighted by molar-refractivity contribution is 0.689. The van der Waals surface area contributed by atoms with Gasteiger partial charge in [-0.05, 0) is 36.9 Å². The lowest BCUT2D eigenvalue weighted by Gasteiger charge is -2.25. The molecule has 0 amide bonds. The highest BCUT2D eigenvalue weighted by Gasteiger charge is 2.20. The first-order valence-corrected chi connectivity index (χ1v) is 5.64. The molecule has 72 valence electrons. The van der Waals surface area contributed by atoms with Crippen LogP contribution in [0.4, 0.5) is 5.00 Å². The number of hydrogen-bond donors (Lipinski definition) is 1. The van der Waals surface area contributed by atoms with Crippen LogP contribution in [0, 0.1) is 6.92 Å². The van der Waals surface area contributed by atoms with Crippen molar-refractivity contribution in [3.05, 3.63) is 17.0 Å². The summed E-state index contributed by atoms with van der Waals surface area (Å²) in [5.74, 6) is 0. The Morgan fingerprint density at radius 3 is 3.00 bits per heavy atom. The molecule has 1 aromatic heterocycles. The molecule has 0 aliphatic carbocycles. The number of nitrogens with one attached hydrogen (secondary N) is 1. The van der Waals surface area contributed by atoms with Gasteiger partial charge in [0.2, 0.25) is 0 Å². The third-order valence-electron chi connectivity index (χ3n) is 2.74. The van der Waals surface area contributed by atoms with Gasteiger partial charge in [0.25, 0.3) is 0 Å². The highest BCUT2D eigenvalue weighted by atomic mass is 32.1. The predicted molar refractivity (Wildman–Crippen MR) is 58.7 cm³/mol. The Hall–Kier alpha value is -0.540. The van der Waals surface area contributed by atoms with Crippen molar-refractivity contribution < 1.29 is 0 Å². The molecule has 13 heavy (non-hydrogen) atoms. The van der Waals surface area contributed by atoms with Crippen molar-refractivity contribution in [1.82, 2.24) is 5.32 Å². The smallest absolute Gasteiger partial charge is 0.0938 e. The standard InChI is InChI=1S/C10H16N2S/c1-8-4-6-13-10(8)12(2)9-3-5-11-7-9/h4,6,9,11H,3,5,7H2,1-2H3. The Morgan fingerprint density at radius 1 is 1.62 bits per heavy atom. The normalized spacial score (nSPS) is 22.2. The second-order valence-corrected chi connectivity index (χ2v) is 4.56. The van der Waals surface area contributed by atoms with Crippen LogP contribution in [-0.2, 0) is 0 Å². The molecule has 1 N–H and O–H groups in total.